The van der Waals surface area contributed by atoms with Crippen LogP contribution in [0.5, 0.6) is 0 Å². The molecule has 2 saturated carbocycles. The molecule has 3 rings (SSSR count). The van der Waals surface area contributed by atoms with E-state index in [1.165, 1.54) is 25.7 Å². The Bertz CT molecular complexity index is 376. The molecule has 1 aromatic rings. The van der Waals surface area contributed by atoms with Crippen LogP contribution in [0, 0.1) is 11.8 Å². The minimum Gasteiger partial charge on any atom is -0.383 e. The van der Waals surface area contributed by atoms with Crippen LogP contribution in [0.25, 0.3) is 0 Å². The molecule has 0 aliphatic heterocycles. The summed E-state index contributed by atoms with van der Waals surface area (Å²) in [6.45, 7) is 0. The van der Waals surface area contributed by atoms with Crippen molar-refractivity contribution in [2.75, 3.05) is 0 Å². The van der Waals surface area contributed by atoms with E-state index in [4.69, 9.17) is 10.7 Å². The summed E-state index contributed by atoms with van der Waals surface area (Å²) in [6.07, 6.45) is 5.42. The summed E-state index contributed by atoms with van der Waals surface area (Å²) in [6, 6.07) is 10.6. The van der Waals surface area contributed by atoms with Crippen molar-refractivity contribution in [3.63, 3.8) is 0 Å². The van der Waals surface area contributed by atoms with Crippen molar-refractivity contribution in [3.05, 3.63) is 35.9 Å². The quantitative estimate of drug-likeness (QED) is 0.607. The number of aliphatic imine (C=N–C) groups is 1. The Morgan fingerprint density at radius 2 is 1.62 bits per heavy atom. The predicted molar refractivity (Wildman–Crippen MR) is 66.4 cm³/mol. The van der Waals surface area contributed by atoms with Gasteiger partial charge in [-0.1, -0.05) is 30.3 Å². The molecule has 1 aromatic carbocycles. The van der Waals surface area contributed by atoms with Gasteiger partial charge in [-0.25, -0.2) is 0 Å². The van der Waals surface area contributed by atoms with Gasteiger partial charge in [-0.05, 0) is 37.5 Å². The highest BCUT2D eigenvalue weighted by molar-refractivity contribution is 5.97. The van der Waals surface area contributed by atoms with Gasteiger partial charge in [0, 0.05) is 5.56 Å². The normalized spacial score (nSPS) is 21.4. The summed E-state index contributed by atoms with van der Waals surface area (Å²) < 4.78 is 0. The fourth-order valence-electron chi connectivity index (χ4n) is 2.32. The van der Waals surface area contributed by atoms with E-state index in [9.17, 15) is 0 Å². The molecule has 0 atom stereocenters. The number of hydrogen-bond donors (Lipinski definition) is 1. The Hall–Kier alpha value is -1.31. The average molecular weight is 214 g/mol. The van der Waals surface area contributed by atoms with E-state index in [0.717, 1.165) is 23.2 Å². The van der Waals surface area contributed by atoms with Crippen molar-refractivity contribution in [2.24, 2.45) is 22.6 Å². The molecule has 0 heterocycles. The minimum absolute atomic E-state index is 0.514. The first-order valence-corrected chi connectivity index (χ1v) is 6.23. The van der Waals surface area contributed by atoms with E-state index >= 15 is 0 Å². The van der Waals surface area contributed by atoms with Crippen molar-refractivity contribution in [2.45, 2.75) is 31.7 Å². The van der Waals surface area contributed by atoms with Gasteiger partial charge in [0.05, 0.1) is 6.04 Å². The number of amidine groups is 1. The Kier molecular flexibility index (Phi) is 2.43. The molecule has 0 bridgehead atoms. The average Bonchev–Trinajstić information content (AvgIpc) is 3.19. The smallest absolute Gasteiger partial charge is 0.125 e. The number of hydrogen-bond acceptors (Lipinski definition) is 1. The van der Waals surface area contributed by atoms with E-state index in [-0.39, 0.29) is 0 Å². The van der Waals surface area contributed by atoms with Gasteiger partial charge in [0.25, 0.3) is 0 Å². The zero-order valence-corrected chi connectivity index (χ0v) is 9.47. The number of rotatable bonds is 4. The summed E-state index contributed by atoms with van der Waals surface area (Å²) >= 11 is 0. The molecule has 2 aliphatic carbocycles. The van der Waals surface area contributed by atoms with Crippen molar-refractivity contribution in [3.8, 4) is 0 Å². The molecule has 16 heavy (non-hydrogen) atoms. The fraction of sp³-hybridized carbons (Fsp3) is 0.500. The molecular formula is C14H18N2. The molecule has 0 spiro atoms. The topological polar surface area (TPSA) is 38.4 Å². The van der Waals surface area contributed by atoms with Crippen molar-refractivity contribution < 1.29 is 0 Å². The molecule has 2 nitrogen and oxygen atoms in total. The van der Waals surface area contributed by atoms with E-state index in [1.807, 2.05) is 30.3 Å². The molecule has 0 radical (unpaired) electrons. The van der Waals surface area contributed by atoms with Crippen LogP contribution >= 0.6 is 0 Å². The first-order chi connectivity index (χ1) is 7.84. The standard InChI is InChI=1S/C14H18N2/c15-14(12-4-2-1-3-5-12)16-13(10-6-7-10)11-8-9-11/h1-5,10-11,13H,6-9H2,(H2,15,16). The van der Waals surface area contributed by atoms with Crippen molar-refractivity contribution in [1.82, 2.24) is 0 Å². The van der Waals surface area contributed by atoms with Gasteiger partial charge in [-0.3, -0.25) is 4.99 Å². The molecule has 2 aliphatic rings. The molecule has 2 heteroatoms. The lowest BCUT2D eigenvalue weighted by molar-refractivity contribution is 0.533. The molecule has 0 aromatic heterocycles. The number of benzene rings is 1. The van der Waals surface area contributed by atoms with E-state index in [2.05, 4.69) is 0 Å². The molecule has 0 unspecified atom stereocenters. The van der Waals surface area contributed by atoms with Gasteiger partial charge in [-0.15, -0.1) is 0 Å². The number of nitrogens with two attached hydrogens (primary N) is 1. The first-order valence-electron chi connectivity index (χ1n) is 6.23. The fourth-order valence-corrected chi connectivity index (χ4v) is 2.32. The van der Waals surface area contributed by atoms with Gasteiger partial charge >= 0.3 is 0 Å². The summed E-state index contributed by atoms with van der Waals surface area (Å²) in [5, 5.41) is 0. The molecule has 2 N–H and O–H groups in total. The molecular weight excluding hydrogens is 196 g/mol. The minimum atomic E-state index is 0.514. The molecule has 0 amide bonds. The highest BCUT2D eigenvalue weighted by atomic mass is 14.9. The Morgan fingerprint density at radius 3 is 2.12 bits per heavy atom. The summed E-state index contributed by atoms with van der Waals surface area (Å²) in [5.74, 6) is 2.38. The number of nitrogens with zero attached hydrogens (tertiary/aromatic N) is 1. The monoisotopic (exact) mass is 214 g/mol. The van der Waals surface area contributed by atoms with Crippen molar-refractivity contribution >= 4 is 5.84 Å². The van der Waals surface area contributed by atoms with Crippen LogP contribution < -0.4 is 5.73 Å². The van der Waals surface area contributed by atoms with Crippen LogP contribution in [0.15, 0.2) is 35.3 Å². The van der Waals surface area contributed by atoms with Gasteiger partial charge in [0.2, 0.25) is 0 Å². The largest absolute Gasteiger partial charge is 0.383 e. The molecule has 0 saturated heterocycles. The molecule has 2 fully saturated rings. The lowest BCUT2D eigenvalue weighted by Gasteiger charge is -2.11. The molecule has 84 valence electrons. The third-order valence-electron chi connectivity index (χ3n) is 3.57. The third-order valence-corrected chi connectivity index (χ3v) is 3.57. The second kappa shape index (κ2) is 3.93. The zero-order chi connectivity index (χ0) is 11.0. The van der Waals surface area contributed by atoms with Gasteiger partial charge in [0.1, 0.15) is 5.84 Å². The SMILES string of the molecule is NC(=NC(C1CC1)C1CC1)c1ccccc1. The maximum Gasteiger partial charge on any atom is 0.125 e. The van der Waals surface area contributed by atoms with Crippen molar-refractivity contribution in [1.29, 1.82) is 0 Å². The lowest BCUT2D eigenvalue weighted by Crippen LogP contribution is -2.20. The van der Waals surface area contributed by atoms with Crippen LogP contribution in [-0.2, 0) is 0 Å². The van der Waals surface area contributed by atoms with Crippen LogP contribution in [0.2, 0.25) is 0 Å². The van der Waals surface area contributed by atoms with E-state index in [1.54, 1.807) is 0 Å². The lowest BCUT2D eigenvalue weighted by atomic mass is 10.1. The first kappa shape index (κ1) is 9.88. The summed E-state index contributed by atoms with van der Waals surface area (Å²) in [5.41, 5.74) is 7.14. The Labute approximate surface area is 96.6 Å². The zero-order valence-electron chi connectivity index (χ0n) is 9.47. The Balaban J connectivity index is 1.79. The highest BCUT2D eigenvalue weighted by Gasteiger charge is 2.41. The van der Waals surface area contributed by atoms with E-state index < -0.39 is 0 Å². The predicted octanol–water partition coefficient (Wildman–Crippen LogP) is 2.58. The maximum atomic E-state index is 6.08. The van der Waals surface area contributed by atoms with Gasteiger partial charge in [0.15, 0.2) is 0 Å². The third kappa shape index (κ3) is 2.11. The summed E-state index contributed by atoms with van der Waals surface area (Å²) in [7, 11) is 0. The maximum absolute atomic E-state index is 6.08. The van der Waals surface area contributed by atoms with Crippen LogP contribution in [0.4, 0.5) is 0 Å². The second-order valence-corrected chi connectivity index (χ2v) is 5.05. The van der Waals surface area contributed by atoms with Gasteiger partial charge in [-0.2, -0.15) is 0 Å². The second-order valence-electron chi connectivity index (χ2n) is 5.05. The van der Waals surface area contributed by atoms with Crippen LogP contribution in [0.3, 0.4) is 0 Å². The summed E-state index contributed by atoms with van der Waals surface area (Å²) in [4.78, 5) is 4.77. The van der Waals surface area contributed by atoms with E-state index in [0.29, 0.717) is 6.04 Å². The highest BCUT2D eigenvalue weighted by Crippen LogP contribution is 2.46. The Morgan fingerprint density at radius 1 is 1.06 bits per heavy atom. The van der Waals surface area contributed by atoms with Crippen LogP contribution in [-0.4, -0.2) is 11.9 Å². The van der Waals surface area contributed by atoms with Crippen LogP contribution in [0.1, 0.15) is 31.2 Å². The van der Waals surface area contributed by atoms with Gasteiger partial charge < -0.3 is 5.73 Å².